The fraction of sp³-hybridized carbons (Fsp3) is 0.0769. The predicted molar refractivity (Wildman–Crippen MR) is 74.2 cm³/mol. The summed E-state index contributed by atoms with van der Waals surface area (Å²) >= 11 is 11.8. The summed E-state index contributed by atoms with van der Waals surface area (Å²) in [7, 11) is 0. The number of ether oxygens (including phenoxy) is 1. The molecule has 0 aromatic heterocycles. The summed E-state index contributed by atoms with van der Waals surface area (Å²) in [5.74, 6) is 1.24. The number of halogens is 2. The molecule has 2 aromatic rings. The first-order chi connectivity index (χ1) is 9.11. The van der Waals surface area contributed by atoms with Crippen molar-refractivity contribution in [2.24, 2.45) is 0 Å². The molecular formula is C13H9Cl2NO3. The number of non-ortho nitro benzene ring substituents is 1. The molecule has 2 rings (SSSR count). The molecule has 0 aliphatic heterocycles. The monoisotopic (exact) mass is 297 g/mol. The molecule has 98 valence electrons. The first kappa shape index (κ1) is 13.6. The number of rotatable bonds is 4. The van der Waals surface area contributed by atoms with E-state index < -0.39 is 4.92 Å². The second-order valence-corrected chi connectivity index (χ2v) is 4.39. The number of nitro groups is 1. The van der Waals surface area contributed by atoms with Crippen LogP contribution in [0.5, 0.6) is 11.5 Å². The highest BCUT2D eigenvalue weighted by Crippen LogP contribution is 2.33. The van der Waals surface area contributed by atoms with Crippen LogP contribution in [0.4, 0.5) is 5.69 Å². The van der Waals surface area contributed by atoms with E-state index in [1.165, 1.54) is 18.2 Å². The number of nitro benzene ring substituents is 1. The van der Waals surface area contributed by atoms with Crippen LogP contribution in [-0.2, 0) is 5.88 Å². The fourth-order valence-corrected chi connectivity index (χ4v) is 1.95. The van der Waals surface area contributed by atoms with Crippen molar-refractivity contribution in [2.75, 3.05) is 0 Å². The van der Waals surface area contributed by atoms with Gasteiger partial charge >= 0.3 is 0 Å². The van der Waals surface area contributed by atoms with Crippen LogP contribution in [0, 0.1) is 10.1 Å². The molecule has 0 aliphatic carbocycles. The van der Waals surface area contributed by atoms with Crippen LogP contribution in [0.2, 0.25) is 5.02 Å². The Morgan fingerprint density at radius 2 is 1.89 bits per heavy atom. The molecule has 6 heteroatoms. The first-order valence-corrected chi connectivity index (χ1v) is 6.28. The Labute approximate surface area is 119 Å². The Balaban J connectivity index is 2.31. The fourth-order valence-electron chi connectivity index (χ4n) is 1.52. The lowest BCUT2D eigenvalue weighted by atomic mass is 10.2. The molecule has 0 aliphatic rings. The van der Waals surface area contributed by atoms with E-state index in [1.54, 1.807) is 6.07 Å². The van der Waals surface area contributed by atoms with Gasteiger partial charge in [0.25, 0.3) is 5.69 Å². The van der Waals surface area contributed by atoms with Gasteiger partial charge in [-0.25, -0.2) is 0 Å². The van der Waals surface area contributed by atoms with Crippen molar-refractivity contribution in [3.8, 4) is 11.5 Å². The van der Waals surface area contributed by atoms with Crippen molar-refractivity contribution in [3.63, 3.8) is 0 Å². The second kappa shape index (κ2) is 5.91. The minimum atomic E-state index is -0.512. The quantitative estimate of drug-likeness (QED) is 0.463. The van der Waals surface area contributed by atoms with Crippen LogP contribution in [0.25, 0.3) is 0 Å². The Morgan fingerprint density at radius 3 is 2.53 bits per heavy atom. The standard InChI is InChI=1S/C13H9Cl2NO3/c14-8-9-3-1-2-4-12(9)19-13-6-5-10(16(17)18)7-11(13)15/h1-7H,8H2. The van der Waals surface area contributed by atoms with Crippen LogP contribution in [-0.4, -0.2) is 4.92 Å². The molecule has 0 bridgehead atoms. The van der Waals surface area contributed by atoms with Gasteiger partial charge in [0.1, 0.15) is 11.5 Å². The zero-order chi connectivity index (χ0) is 13.8. The molecule has 19 heavy (non-hydrogen) atoms. The maximum atomic E-state index is 10.6. The van der Waals surface area contributed by atoms with Gasteiger partial charge in [0.05, 0.1) is 15.8 Å². The van der Waals surface area contributed by atoms with Gasteiger partial charge in [-0.2, -0.15) is 0 Å². The average molecular weight is 298 g/mol. The van der Waals surface area contributed by atoms with Crippen LogP contribution in [0.3, 0.4) is 0 Å². The highest BCUT2D eigenvalue weighted by molar-refractivity contribution is 6.32. The largest absolute Gasteiger partial charge is 0.455 e. The molecule has 0 N–H and O–H groups in total. The van der Waals surface area contributed by atoms with E-state index >= 15 is 0 Å². The van der Waals surface area contributed by atoms with Crippen molar-refractivity contribution in [1.82, 2.24) is 0 Å². The highest BCUT2D eigenvalue weighted by atomic mass is 35.5. The Kier molecular flexibility index (Phi) is 4.24. The van der Waals surface area contributed by atoms with Gasteiger partial charge < -0.3 is 4.74 Å². The molecule has 4 nitrogen and oxygen atoms in total. The third kappa shape index (κ3) is 3.16. The number of hydrogen-bond acceptors (Lipinski definition) is 3. The number of para-hydroxylation sites is 1. The van der Waals surface area contributed by atoms with E-state index in [0.29, 0.717) is 17.4 Å². The molecule has 0 amide bonds. The molecule has 0 saturated heterocycles. The molecule has 0 heterocycles. The van der Waals surface area contributed by atoms with E-state index in [0.717, 1.165) is 5.56 Å². The van der Waals surface area contributed by atoms with Crippen molar-refractivity contribution in [3.05, 3.63) is 63.2 Å². The van der Waals surface area contributed by atoms with E-state index in [1.807, 2.05) is 18.2 Å². The van der Waals surface area contributed by atoms with E-state index in [4.69, 9.17) is 27.9 Å². The molecule has 0 saturated carbocycles. The Bertz CT molecular complexity index is 617. The van der Waals surface area contributed by atoms with Gasteiger partial charge in [0.15, 0.2) is 0 Å². The van der Waals surface area contributed by atoms with Crippen LogP contribution < -0.4 is 4.74 Å². The minimum absolute atomic E-state index is 0.0806. The van der Waals surface area contributed by atoms with Gasteiger partial charge in [0, 0.05) is 17.7 Å². The minimum Gasteiger partial charge on any atom is -0.455 e. The Hall–Kier alpha value is -1.78. The van der Waals surface area contributed by atoms with Gasteiger partial charge in [0.2, 0.25) is 0 Å². The molecule has 0 radical (unpaired) electrons. The summed E-state index contributed by atoms with van der Waals surface area (Å²) < 4.78 is 5.63. The van der Waals surface area contributed by atoms with Gasteiger partial charge in [-0.1, -0.05) is 29.8 Å². The van der Waals surface area contributed by atoms with E-state index in [2.05, 4.69) is 0 Å². The van der Waals surface area contributed by atoms with Gasteiger partial charge in [-0.3, -0.25) is 10.1 Å². The molecule has 0 unspecified atom stereocenters. The summed E-state index contributed by atoms with van der Waals surface area (Å²) in [6.45, 7) is 0. The van der Waals surface area contributed by atoms with Crippen molar-refractivity contribution in [2.45, 2.75) is 5.88 Å². The molecule has 0 atom stereocenters. The lowest BCUT2D eigenvalue weighted by Crippen LogP contribution is -1.92. The van der Waals surface area contributed by atoms with Crippen molar-refractivity contribution < 1.29 is 9.66 Å². The zero-order valence-corrected chi connectivity index (χ0v) is 11.2. The molecular weight excluding hydrogens is 289 g/mol. The lowest BCUT2D eigenvalue weighted by Gasteiger charge is -2.10. The van der Waals surface area contributed by atoms with Gasteiger partial charge in [-0.05, 0) is 12.1 Å². The highest BCUT2D eigenvalue weighted by Gasteiger charge is 2.12. The normalized spacial score (nSPS) is 10.2. The zero-order valence-electron chi connectivity index (χ0n) is 9.68. The average Bonchev–Trinajstić information content (AvgIpc) is 2.41. The number of nitrogens with zero attached hydrogens (tertiary/aromatic N) is 1. The Morgan fingerprint density at radius 1 is 1.16 bits per heavy atom. The van der Waals surface area contributed by atoms with Crippen LogP contribution >= 0.6 is 23.2 Å². The summed E-state index contributed by atoms with van der Waals surface area (Å²) in [6.07, 6.45) is 0. The van der Waals surface area contributed by atoms with Crippen molar-refractivity contribution >= 4 is 28.9 Å². The van der Waals surface area contributed by atoms with Gasteiger partial charge in [-0.15, -0.1) is 11.6 Å². The van der Waals surface area contributed by atoms with Crippen molar-refractivity contribution in [1.29, 1.82) is 0 Å². The number of hydrogen-bond donors (Lipinski definition) is 0. The third-order valence-corrected chi connectivity index (χ3v) is 3.05. The topological polar surface area (TPSA) is 52.4 Å². The number of benzene rings is 2. The lowest BCUT2D eigenvalue weighted by molar-refractivity contribution is -0.384. The summed E-state index contributed by atoms with van der Waals surface area (Å²) in [4.78, 5) is 10.1. The van der Waals surface area contributed by atoms with E-state index in [-0.39, 0.29) is 10.7 Å². The first-order valence-electron chi connectivity index (χ1n) is 5.37. The summed E-state index contributed by atoms with van der Waals surface area (Å²) in [6, 6.07) is 11.3. The summed E-state index contributed by atoms with van der Waals surface area (Å²) in [5.41, 5.74) is 0.738. The number of alkyl halides is 1. The van der Waals surface area contributed by atoms with E-state index in [9.17, 15) is 10.1 Å². The smallest absolute Gasteiger partial charge is 0.271 e. The predicted octanol–water partition coefficient (Wildman–Crippen LogP) is 4.78. The molecule has 0 spiro atoms. The second-order valence-electron chi connectivity index (χ2n) is 3.72. The molecule has 0 fully saturated rings. The molecule has 2 aromatic carbocycles. The third-order valence-electron chi connectivity index (χ3n) is 2.46. The SMILES string of the molecule is O=[N+]([O-])c1ccc(Oc2ccccc2CCl)c(Cl)c1. The summed E-state index contributed by atoms with van der Waals surface area (Å²) in [5, 5.41) is 10.8. The maximum absolute atomic E-state index is 10.6. The van der Waals surface area contributed by atoms with Crippen LogP contribution in [0.15, 0.2) is 42.5 Å². The van der Waals surface area contributed by atoms with Crippen LogP contribution in [0.1, 0.15) is 5.56 Å². The maximum Gasteiger partial charge on any atom is 0.271 e.